The molecule has 0 aliphatic heterocycles. The molecule has 7 nitrogen and oxygen atoms in total. The summed E-state index contributed by atoms with van der Waals surface area (Å²) in [7, 11) is 0. The Kier molecular flexibility index (Phi) is 7.37. The van der Waals surface area contributed by atoms with E-state index in [-0.39, 0.29) is 11.5 Å². The molecule has 2 aromatic heterocycles. The minimum Gasteiger partial charge on any atom is -0.462 e. The van der Waals surface area contributed by atoms with Gasteiger partial charge < -0.3 is 9.15 Å². The SMILES string of the molecule is CCCCc1nc2ccc(Br)cc2c(=O)n1N=Cc1ccc(-c2ccc(C(=O)OCC)cc2)o1. The van der Waals surface area contributed by atoms with Crippen molar-refractivity contribution in [2.45, 2.75) is 33.1 Å². The van der Waals surface area contributed by atoms with Crippen molar-refractivity contribution in [2.75, 3.05) is 6.61 Å². The van der Waals surface area contributed by atoms with Crippen LogP contribution in [0.1, 0.15) is 48.6 Å². The van der Waals surface area contributed by atoms with Crippen LogP contribution in [0.3, 0.4) is 0 Å². The zero-order valence-corrected chi connectivity index (χ0v) is 20.5. The van der Waals surface area contributed by atoms with Crippen molar-refractivity contribution < 1.29 is 13.9 Å². The molecule has 34 heavy (non-hydrogen) atoms. The van der Waals surface area contributed by atoms with Gasteiger partial charge in [-0.1, -0.05) is 41.4 Å². The number of carbonyl (C=O) groups is 1. The van der Waals surface area contributed by atoms with Crippen molar-refractivity contribution in [3.63, 3.8) is 0 Å². The van der Waals surface area contributed by atoms with Gasteiger partial charge in [-0.25, -0.2) is 9.78 Å². The van der Waals surface area contributed by atoms with E-state index in [2.05, 4.69) is 32.9 Å². The Morgan fingerprint density at radius 1 is 1.15 bits per heavy atom. The predicted molar refractivity (Wildman–Crippen MR) is 135 cm³/mol. The van der Waals surface area contributed by atoms with Gasteiger partial charge in [-0.2, -0.15) is 9.78 Å². The number of carbonyl (C=O) groups excluding carboxylic acids is 1. The number of aromatic nitrogens is 2. The lowest BCUT2D eigenvalue weighted by atomic mass is 10.1. The van der Waals surface area contributed by atoms with E-state index < -0.39 is 0 Å². The van der Waals surface area contributed by atoms with Crippen molar-refractivity contribution in [1.29, 1.82) is 0 Å². The molecule has 174 valence electrons. The average Bonchev–Trinajstić information content (AvgIpc) is 3.32. The Morgan fingerprint density at radius 2 is 1.94 bits per heavy atom. The van der Waals surface area contributed by atoms with Crippen LogP contribution in [0.2, 0.25) is 0 Å². The number of furan rings is 1. The summed E-state index contributed by atoms with van der Waals surface area (Å²) in [5, 5.41) is 4.91. The van der Waals surface area contributed by atoms with E-state index in [1.165, 1.54) is 10.9 Å². The summed E-state index contributed by atoms with van der Waals surface area (Å²) in [6, 6.07) is 16.0. The maximum absolute atomic E-state index is 13.2. The van der Waals surface area contributed by atoms with E-state index in [1.54, 1.807) is 43.3 Å². The van der Waals surface area contributed by atoms with E-state index in [0.29, 0.717) is 46.8 Å². The molecule has 0 spiro atoms. The molecule has 0 atom stereocenters. The Morgan fingerprint density at radius 3 is 2.68 bits per heavy atom. The number of fused-ring (bicyclic) bond motifs is 1. The van der Waals surface area contributed by atoms with Crippen LogP contribution in [-0.4, -0.2) is 28.5 Å². The molecule has 0 aliphatic carbocycles. The lowest BCUT2D eigenvalue weighted by Gasteiger charge is -2.09. The number of hydrogen-bond donors (Lipinski definition) is 0. The first-order valence-electron chi connectivity index (χ1n) is 11.1. The van der Waals surface area contributed by atoms with Gasteiger partial charge in [-0.05, 0) is 55.8 Å². The molecule has 2 aromatic carbocycles. The van der Waals surface area contributed by atoms with Gasteiger partial charge in [0.15, 0.2) is 0 Å². The summed E-state index contributed by atoms with van der Waals surface area (Å²) >= 11 is 3.42. The molecular formula is C26H24BrN3O4. The van der Waals surface area contributed by atoms with Crippen molar-refractivity contribution in [3.05, 3.63) is 86.6 Å². The number of aryl methyl sites for hydroxylation is 1. The first kappa shape index (κ1) is 23.6. The maximum atomic E-state index is 13.2. The van der Waals surface area contributed by atoms with E-state index in [1.807, 2.05) is 18.2 Å². The van der Waals surface area contributed by atoms with Crippen LogP contribution in [0.5, 0.6) is 0 Å². The lowest BCUT2D eigenvalue weighted by molar-refractivity contribution is 0.0526. The molecule has 4 aromatic rings. The minimum atomic E-state index is -0.360. The Balaban J connectivity index is 1.63. The number of unbranched alkanes of at least 4 members (excludes halogenated alkanes) is 1. The number of benzene rings is 2. The molecule has 4 rings (SSSR count). The third-order valence-corrected chi connectivity index (χ3v) is 5.73. The fourth-order valence-corrected chi connectivity index (χ4v) is 3.85. The van der Waals surface area contributed by atoms with Gasteiger partial charge >= 0.3 is 5.97 Å². The molecule has 0 amide bonds. The van der Waals surface area contributed by atoms with E-state index >= 15 is 0 Å². The molecule has 0 bridgehead atoms. The highest BCUT2D eigenvalue weighted by Gasteiger charge is 2.12. The van der Waals surface area contributed by atoms with Crippen LogP contribution in [0.25, 0.3) is 22.2 Å². The largest absolute Gasteiger partial charge is 0.462 e. The van der Waals surface area contributed by atoms with E-state index in [9.17, 15) is 9.59 Å². The molecule has 2 heterocycles. The van der Waals surface area contributed by atoms with Gasteiger partial charge in [-0.15, -0.1) is 0 Å². The standard InChI is InChI=1S/C26H24BrN3O4/c1-3-5-6-24-29-22-13-11-19(27)15-21(22)25(31)30(24)28-16-20-12-14-23(34-20)17-7-9-18(10-8-17)26(32)33-4-2/h7-16H,3-6H2,1-2H3. The van der Waals surface area contributed by atoms with Crippen LogP contribution < -0.4 is 5.56 Å². The fourth-order valence-electron chi connectivity index (χ4n) is 3.49. The van der Waals surface area contributed by atoms with E-state index in [0.717, 1.165) is 22.9 Å². The van der Waals surface area contributed by atoms with Crippen molar-refractivity contribution in [1.82, 2.24) is 9.66 Å². The average molecular weight is 522 g/mol. The maximum Gasteiger partial charge on any atom is 0.338 e. The van der Waals surface area contributed by atoms with Crippen LogP contribution in [0, 0.1) is 0 Å². The molecule has 0 unspecified atom stereocenters. The zero-order chi connectivity index (χ0) is 24.1. The number of nitrogens with zero attached hydrogens (tertiary/aromatic N) is 3. The summed E-state index contributed by atoms with van der Waals surface area (Å²) in [5.41, 5.74) is 1.71. The summed E-state index contributed by atoms with van der Waals surface area (Å²) in [5.74, 6) is 1.36. The van der Waals surface area contributed by atoms with Gasteiger partial charge in [-0.3, -0.25) is 4.79 Å². The third-order valence-electron chi connectivity index (χ3n) is 5.24. The molecule has 0 aliphatic rings. The summed E-state index contributed by atoms with van der Waals surface area (Å²) < 4.78 is 13.1. The van der Waals surface area contributed by atoms with Gasteiger partial charge in [0.2, 0.25) is 0 Å². The quantitative estimate of drug-likeness (QED) is 0.215. The summed E-state index contributed by atoms with van der Waals surface area (Å²) in [4.78, 5) is 29.7. The second-order valence-electron chi connectivity index (χ2n) is 7.65. The second-order valence-corrected chi connectivity index (χ2v) is 8.57. The van der Waals surface area contributed by atoms with Gasteiger partial charge in [0.05, 0.1) is 29.3 Å². The normalized spacial score (nSPS) is 11.4. The molecule has 0 saturated heterocycles. The van der Waals surface area contributed by atoms with Crippen LogP contribution in [-0.2, 0) is 11.2 Å². The molecule has 0 radical (unpaired) electrons. The Bertz CT molecular complexity index is 1400. The van der Waals surface area contributed by atoms with Gasteiger partial charge in [0.25, 0.3) is 5.56 Å². The van der Waals surface area contributed by atoms with Gasteiger partial charge in [0, 0.05) is 16.5 Å². The minimum absolute atomic E-state index is 0.227. The summed E-state index contributed by atoms with van der Waals surface area (Å²) in [6.45, 7) is 4.19. The molecule has 0 fully saturated rings. The second kappa shape index (κ2) is 10.6. The van der Waals surface area contributed by atoms with Crippen molar-refractivity contribution in [3.8, 4) is 11.3 Å². The number of esters is 1. The molecule has 0 saturated carbocycles. The van der Waals surface area contributed by atoms with Crippen LogP contribution in [0.4, 0.5) is 0 Å². The van der Waals surface area contributed by atoms with Crippen molar-refractivity contribution >= 4 is 39.0 Å². The first-order chi connectivity index (χ1) is 16.5. The molecule has 8 heteroatoms. The Hall–Kier alpha value is -3.52. The fraction of sp³-hybridized carbons (Fsp3) is 0.231. The van der Waals surface area contributed by atoms with Crippen molar-refractivity contribution in [2.24, 2.45) is 5.10 Å². The Labute approximate surface area is 205 Å². The first-order valence-corrected chi connectivity index (χ1v) is 11.9. The lowest BCUT2D eigenvalue weighted by Crippen LogP contribution is -2.22. The monoisotopic (exact) mass is 521 g/mol. The number of rotatable bonds is 8. The third kappa shape index (κ3) is 5.17. The highest BCUT2D eigenvalue weighted by Crippen LogP contribution is 2.22. The smallest absolute Gasteiger partial charge is 0.338 e. The van der Waals surface area contributed by atoms with Crippen LogP contribution in [0.15, 0.2) is 73.4 Å². The highest BCUT2D eigenvalue weighted by molar-refractivity contribution is 9.10. The molecule has 0 N–H and O–H groups in total. The number of halogens is 1. The van der Waals surface area contributed by atoms with Gasteiger partial charge in [0.1, 0.15) is 17.3 Å². The summed E-state index contributed by atoms with van der Waals surface area (Å²) in [6.07, 6.45) is 4.04. The topological polar surface area (TPSA) is 86.7 Å². The number of ether oxygens (including phenoxy) is 1. The zero-order valence-electron chi connectivity index (χ0n) is 19.0. The van der Waals surface area contributed by atoms with Crippen LogP contribution >= 0.6 is 15.9 Å². The molecular weight excluding hydrogens is 498 g/mol. The number of hydrogen-bond acceptors (Lipinski definition) is 6. The van der Waals surface area contributed by atoms with E-state index in [4.69, 9.17) is 9.15 Å². The highest BCUT2D eigenvalue weighted by atomic mass is 79.9. The predicted octanol–water partition coefficient (Wildman–Crippen LogP) is 5.82.